The summed E-state index contributed by atoms with van der Waals surface area (Å²) in [6.45, 7) is 0.523. The molecule has 3 N–H and O–H groups in total. The van der Waals surface area contributed by atoms with Gasteiger partial charge in [-0.05, 0) is 19.3 Å². The molecule has 0 atom stereocenters. The average Bonchev–Trinajstić information content (AvgIpc) is 2.98. The maximum Gasteiger partial charge on any atom is 0.310 e. The third kappa shape index (κ3) is 4.27. The van der Waals surface area contributed by atoms with Gasteiger partial charge in [0, 0.05) is 19.4 Å². The smallest absolute Gasteiger partial charge is 0.310 e. The van der Waals surface area contributed by atoms with E-state index in [0.29, 0.717) is 25.8 Å². The molecular weight excluding hydrogens is 272 g/mol. The lowest BCUT2D eigenvalue weighted by Crippen LogP contribution is -2.39. The van der Waals surface area contributed by atoms with Gasteiger partial charge in [0.1, 0.15) is 12.2 Å². The summed E-state index contributed by atoms with van der Waals surface area (Å²) in [4.78, 5) is 27.5. The Morgan fingerprint density at radius 3 is 2.71 bits per heavy atom. The third-order valence-electron chi connectivity index (χ3n) is 4.14. The number of H-pyrrole nitrogens is 1. The van der Waals surface area contributed by atoms with Gasteiger partial charge in [0.2, 0.25) is 5.91 Å². The van der Waals surface area contributed by atoms with Gasteiger partial charge < -0.3 is 10.4 Å². The van der Waals surface area contributed by atoms with Crippen molar-refractivity contribution in [2.24, 2.45) is 5.41 Å². The number of aryl methyl sites for hydroxylation is 1. The van der Waals surface area contributed by atoms with Gasteiger partial charge in [0.25, 0.3) is 0 Å². The standard InChI is InChI=1S/C14H22N4O3/c19-12(15-8-4-5-11-16-10-17-18-11)9-14(13(20)21)6-2-1-3-7-14/h10H,1-9H2,(H,15,19)(H,20,21)(H,16,17,18). The summed E-state index contributed by atoms with van der Waals surface area (Å²) < 4.78 is 0. The predicted molar refractivity (Wildman–Crippen MR) is 75.5 cm³/mol. The minimum Gasteiger partial charge on any atom is -0.481 e. The number of carbonyl (C=O) groups is 2. The Kier molecular flexibility index (Phi) is 5.30. The Morgan fingerprint density at radius 2 is 2.10 bits per heavy atom. The normalized spacial score (nSPS) is 17.3. The van der Waals surface area contributed by atoms with Gasteiger partial charge in [-0.2, -0.15) is 5.10 Å². The Labute approximate surface area is 123 Å². The largest absolute Gasteiger partial charge is 0.481 e. The fraction of sp³-hybridized carbons (Fsp3) is 0.714. The molecule has 2 rings (SSSR count). The van der Waals surface area contributed by atoms with Crippen LogP contribution in [0.5, 0.6) is 0 Å². The molecule has 116 valence electrons. The van der Waals surface area contributed by atoms with Crippen LogP contribution in [-0.2, 0) is 16.0 Å². The average molecular weight is 294 g/mol. The van der Waals surface area contributed by atoms with E-state index < -0.39 is 11.4 Å². The van der Waals surface area contributed by atoms with Crippen molar-refractivity contribution in [2.45, 2.75) is 51.4 Å². The number of carboxylic acid groups (broad SMARTS) is 1. The van der Waals surface area contributed by atoms with E-state index in [4.69, 9.17) is 0 Å². The molecule has 7 heteroatoms. The lowest BCUT2D eigenvalue weighted by atomic mass is 9.71. The quantitative estimate of drug-likeness (QED) is 0.656. The van der Waals surface area contributed by atoms with Crippen molar-refractivity contribution in [1.82, 2.24) is 20.5 Å². The van der Waals surface area contributed by atoms with Crippen LogP contribution in [0, 0.1) is 5.41 Å². The van der Waals surface area contributed by atoms with Crippen LogP contribution in [0.15, 0.2) is 6.33 Å². The number of hydrogen-bond acceptors (Lipinski definition) is 4. The number of hydrogen-bond donors (Lipinski definition) is 3. The SMILES string of the molecule is O=C(CC1(C(=O)O)CCCCC1)NCCCc1ncn[nH]1. The Bertz CT molecular complexity index is 467. The van der Waals surface area contributed by atoms with Crippen molar-refractivity contribution in [3.8, 4) is 0 Å². The number of aliphatic carboxylic acids is 1. The molecule has 1 saturated carbocycles. The third-order valence-corrected chi connectivity index (χ3v) is 4.14. The number of rotatable bonds is 7. The molecule has 0 aliphatic heterocycles. The first-order chi connectivity index (χ1) is 10.1. The van der Waals surface area contributed by atoms with Crippen LogP contribution in [0.25, 0.3) is 0 Å². The molecule has 0 saturated heterocycles. The van der Waals surface area contributed by atoms with Crippen molar-refractivity contribution in [3.05, 3.63) is 12.2 Å². The second-order valence-corrected chi connectivity index (χ2v) is 5.71. The van der Waals surface area contributed by atoms with E-state index in [1.165, 1.54) is 6.33 Å². The van der Waals surface area contributed by atoms with Crippen LogP contribution in [0.4, 0.5) is 0 Å². The van der Waals surface area contributed by atoms with E-state index in [1.54, 1.807) is 0 Å². The topological polar surface area (TPSA) is 108 Å². The van der Waals surface area contributed by atoms with Gasteiger partial charge in [0.15, 0.2) is 0 Å². The fourth-order valence-electron chi connectivity index (χ4n) is 2.90. The van der Waals surface area contributed by atoms with E-state index in [2.05, 4.69) is 20.5 Å². The highest BCUT2D eigenvalue weighted by atomic mass is 16.4. The minimum absolute atomic E-state index is 0.0879. The van der Waals surface area contributed by atoms with Crippen LogP contribution in [-0.4, -0.2) is 38.7 Å². The molecule has 0 radical (unpaired) electrons. The molecular formula is C14H22N4O3. The number of nitrogens with zero attached hydrogens (tertiary/aromatic N) is 2. The van der Waals surface area contributed by atoms with Crippen LogP contribution in [0.2, 0.25) is 0 Å². The molecule has 1 amide bonds. The molecule has 1 aliphatic carbocycles. The first kappa shape index (κ1) is 15.5. The first-order valence-electron chi connectivity index (χ1n) is 7.47. The number of amides is 1. The lowest BCUT2D eigenvalue weighted by Gasteiger charge is -2.32. The Morgan fingerprint density at radius 1 is 1.33 bits per heavy atom. The van der Waals surface area contributed by atoms with Gasteiger partial charge in [-0.25, -0.2) is 4.98 Å². The molecule has 1 fully saturated rings. The van der Waals surface area contributed by atoms with E-state index in [0.717, 1.165) is 31.5 Å². The minimum atomic E-state index is -0.854. The van der Waals surface area contributed by atoms with Gasteiger partial charge >= 0.3 is 5.97 Å². The molecule has 7 nitrogen and oxygen atoms in total. The second kappa shape index (κ2) is 7.19. The second-order valence-electron chi connectivity index (χ2n) is 5.71. The van der Waals surface area contributed by atoms with Crippen molar-refractivity contribution in [3.63, 3.8) is 0 Å². The van der Waals surface area contributed by atoms with E-state index in [-0.39, 0.29) is 12.3 Å². The summed E-state index contributed by atoms with van der Waals surface area (Å²) in [6.07, 6.45) is 7.06. The molecule has 1 aromatic heterocycles. The maximum atomic E-state index is 12.0. The lowest BCUT2D eigenvalue weighted by molar-refractivity contribution is -0.154. The molecule has 0 unspecified atom stereocenters. The Balaban J connectivity index is 1.73. The molecule has 1 heterocycles. The zero-order valence-electron chi connectivity index (χ0n) is 12.1. The summed E-state index contributed by atoms with van der Waals surface area (Å²) in [5.41, 5.74) is -0.854. The number of aromatic amines is 1. The van der Waals surface area contributed by atoms with Crippen molar-refractivity contribution in [2.75, 3.05) is 6.54 Å². The maximum absolute atomic E-state index is 12.0. The highest BCUT2D eigenvalue weighted by molar-refractivity contribution is 5.85. The number of nitrogens with one attached hydrogen (secondary N) is 2. The van der Waals surface area contributed by atoms with Crippen LogP contribution in [0.3, 0.4) is 0 Å². The molecule has 1 aromatic rings. The van der Waals surface area contributed by atoms with E-state index >= 15 is 0 Å². The molecule has 0 bridgehead atoms. The predicted octanol–water partition coefficient (Wildman–Crippen LogP) is 1.28. The fourth-order valence-corrected chi connectivity index (χ4v) is 2.90. The van der Waals surface area contributed by atoms with Crippen LogP contribution >= 0.6 is 0 Å². The van der Waals surface area contributed by atoms with Gasteiger partial charge in [0.05, 0.1) is 5.41 Å². The van der Waals surface area contributed by atoms with Crippen molar-refractivity contribution in [1.29, 1.82) is 0 Å². The molecule has 0 aromatic carbocycles. The highest BCUT2D eigenvalue weighted by Gasteiger charge is 2.41. The molecule has 21 heavy (non-hydrogen) atoms. The Hall–Kier alpha value is -1.92. The number of carbonyl (C=O) groups excluding carboxylic acids is 1. The first-order valence-corrected chi connectivity index (χ1v) is 7.47. The van der Waals surface area contributed by atoms with Crippen LogP contribution < -0.4 is 5.32 Å². The van der Waals surface area contributed by atoms with Crippen molar-refractivity contribution >= 4 is 11.9 Å². The number of carboxylic acids is 1. The summed E-state index contributed by atoms with van der Waals surface area (Å²) in [5, 5.41) is 18.8. The monoisotopic (exact) mass is 294 g/mol. The van der Waals surface area contributed by atoms with Gasteiger partial charge in [-0.15, -0.1) is 0 Å². The highest BCUT2D eigenvalue weighted by Crippen LogP contribution is 2.39. The van der Waals surface area contributed by atoms with E-state index in [9.17, 15) is 14.7 Å². The summed E-state index contributed by atoms with van der Waals surface area (Å²) in [5.74, 6) is -0.214. The summed E-state index contributed by atoms with van der Waals surface area (Å²) in [6, 6.07) is 0. The van der Waals surface area contributed by atoms with E-state index in [1.807, 2.05) is 0 Å². The summed E-state index contributed by atoms with van der Waals surface area (Å²) >= 11 is 0. The van der Waals surface area contributed by atoms with Crippen molar-refractivity contribution < 1.29 is 14.7 Å². The van der Waals surface area contributed by atoms with Crippen LogP contribution in [0.1, 0.15) is 50.8 Å². The molecule has 0 spiro atoms. The zero-order chi connectivity index (χ0) is 15.1. The zero-order valence-corrected chi connectivity index (χ0v) is 12.1. The van der Waals surface area contributed by atoms with Gasteiger partial charge in [-0.3, -0.25) is 14.7 Å². The van der Waals surface area contributed by atoms with Gasteiger partial charge in [-0.1, -0.05) is 19.3 Å². The molecule has 1 aliphatic rings. The summed E-state index contributed by atoms with van der Waals surface area (Å²) in [7, 11) is 0. The number of aromatic nitrogens is 3.